The summed E-state index contributed by atoms with van der Waals surface area (Å²) in [5.41, 5.74) is 1.63. The van der Waals surface area contributed by atoms with Gasteiger partial charge in [-0.05, 0) is 62.1 Å². The van der Waals surface area contributed by atoms with Crippen LogP contribution in [0.1, 0.15) is 63.1 Å². The predicted molar refractivity (Wildman–Crippen MR) is 134 cm³/mol. The summed E-state index contributed by atoms with van der Waals surface area (Å²) in [6, 6.07) is 12.5. The van der Waals surface area contributed by atoms with Crippen molar-refractivity contribution in [2.45, 2.75) is 70.7 Å². The Bertz CT molecular complexity index is 1050. The fourth-order valence-corrected chi connectivity index (χ4v) is 5.13. The minimum atomic E-state index is -0.730. The lowest BCUT2D eigenvalue weighted by Gasteiger charge is -2.44. The van der Waals surface area contributed by atoms with Gasteiger partial charge in [0.25, 0.3) is 5.91 Å². The molecule has 2 fully saturated rings. The van der Waals surface area contributed by atoms with E-state index in [4.69, 9.17) is 14.2 Å². The van der Waals surface area contributed by atoms with E-state index in [-0.39, 0.29) is 30.5 Å². The van der Waals surface area contributed by atoms with Gasteiger partial charge in [0.2, 0.25) is 5.91 Å². The highest BCUT2D eigenvalue weighted by atomic mass is 16.5. The van der Waals surface area contributed by atoms with Crippen LogP contribution in [0.4, 0.5) is 0 Å². The number of methoxy groups -OCH3 is 2. The lowest BCUT2D eigenvalue weighted by atomic mass is 9.91. The number of rotatable bonds is 8. The van der Waals surface area contributed by atoms with Crippen molar-refractivity contribution in [2.75, 3.05) is 20.8 Å². The molecule has 188 valence electrons. The molecule has 1 heterocycles. The molecule has 2 aromatic rings. The van der Waals surface area contributed by atoms with Gasteiger partial charge in [-0.1, -0.05) is 37.5 Å². The zero-order chi connectivity index (χ0) is 24.9. The summed E-state index contributed by atoms with van der Waals surface area (Å²) in [6.07, 6.45) is 5.26. The second kappa shape index (κ2) is 11.0. The lowest BCUT2D eigenvalue weighted by molar-refractivity contribution is -0.160. The molecule has 1 saturated carbocycles. The molecule has 0 spiro atoms. The van der Waals surface area contributed by atoms with Crippen LogP contribution in [0.5, 0.6) is 17.2 Å². The predicted octanol–water partition coefficient (Wildman–Crippen LogP) is 4.74. The first-order valence-electron chi connectivity index (χ1n) is 12.5. The standard InChI is InChI=1S/C28H36N2O5/c1-19(2)35-24-14-13-21(16-25(24)34-4)27-28(32)29(22-10-6-5-7-11-22)18-26(31)30(27)17-20-9-8-12-23(15-20)33-3/h8-9,12-16,19,22,27H,5-7,10-11,17-18H2,1-4H3/t27-/m0/s1. The summed E-state index contributed by atoms with van der Waals surface area (Å²) < 4.78 is 16.8. The van der Waals surface area contributed by atoms with Gasteiger partial charge in [0, 0.05) is 12.6 Å². The molecule has 2 amide bonds. The van der Waals surface area contributed by atoms with Crippen molar-refractivity contribution in [3.05, 3.63) is 53.6 Å². The molecule has 1 saturated heterocycles. The maximum absolute atomic E-state index is 14.0. The molecule has 0 bridgehead atoms. The average molecular weight is 481 g/mol. The summed E-state index contributed by atoms with van der Waals surface area (Å²) in [5.74, 6) is 1.80. The first-order valence-corrected chi connectivity index (χ1v) is 12.5. The largest absolute Gasteiger partial charge is 0.497 e. The second-order valence-corrected chi connectivity index (χ2v) is 9.61. The Morgan fingerprint density at radius 3 is 2.40 bits per heavy atom. The van der Waals surface area contributed by atoms with Crippen molar-refractivity contribution < 1.29 is 23.8 Å². The third kappa shape index (κ3) is 5.55. The summed E-state index contributed by atoms with van der Waals surface area (Å²) in [7, 11) is 3.20. The minimum Gasteiger partial charge on any atom is -0.497 e. The molecule has 1 aliphatic carbocycles. The van der Waals surface area contributed by atoms with Crippen molar-refractivity contribution in [2.24, 2.45) is 0 Å². The highest BCUT2D eigenvalue weighted by Gasteiger charge is 2.43. The monoisotopic (exact) mass is 480 g/mol. The topological polar surface area (TPSA) is 68.3 Å². The molecule has 4 rings (SSSR count). The van der Waals surface area contributed by atoms with Crippen LogP contribution in [0.15, 0.2) is 42.5 Å². The van der Waals surface area contributed by atoms with Crippen molar-refractivity contribution in [1.29, 1.82) is 0 Å². The quantitative estimate of drug-likeness (QED) is 0.546. The molecule has 0 N–H and O–H groups in total. The summed E-state index contributed by atoms with van der Waals surface area (Å²) in [5, 5.41) is 0. The van der Waals surface area contributed by atoms with Crippen LogP contribution in [0.3, 0.4) is 0 Å². The zero-order valence-corrected chi connectivity index (χ0v) is 21.2. The van der Waals surface area contributed by atoms with E-state index < -0.39 is 6.04 Å². The van der Waals surface area contributed by atoms with Crippen molar-refractivity contribution in [3.8, 4) is 17.2 Å². The van der Waals surface area contributed by atoms with Gasteiger partial charge in [0.15, 0.2) is 11.5 Å². The number of nitrogens with zero attached hydrogens (tertiary/aromatic N) is 2. The third-order valence-electron chi connectivity index (χ3n) is 6.82. The number of ether oxygens (including phenoxy) is 3. The summed E-state index contributed by atoms with van der Waals surface area (Å²) in [4.78, 5) is 31.0. The zero-order valence-electron chi connectivity index (χ0n) is 21.2. The van der Waals surface area contributed by atoms with Crippen LogP contribution in [-0.2, 0) is 16.1 Å². The van der Waals surface area contributed by atoms with E-state index >= 15 is 0 Å². The van der Waals surface area contributed by atoms with Gasteiger partial charge in [-0.25, -0.2) is 0 Å². The normalized spacial score (nSPS) is 19.3. The first kappa shape index (κ1) is 24.9. The second-order valence-electron chi connectivity index (χ2n) is 9.61. The highest BCUT2D eigenvalue weighted by molar-refractivity contribution is 5.96. The molecule has 7 nitrogen and oxygen atoms in total. The molecular weight excluding hydrogens is 444 g/mol. The fourth-order valence-electron chi connectivity index (χ4n) is 5.13. The first-order chi connectivity index (χ1) is 16.9. The number of hydrogen-bond donors (Lipinski definition) is 0. The summed E-state index contributed by atoms with van der Waals surface area (Å²) >= 11 is 0. The average Bonchev–Trinajstić information content (AvgIpc) is 2.87. The van der Waals surface area contributed by atoms with Gasteiger partial charge in [0.1, 0.15) is 18.3 Å². The van der Waals surface area contributed by atoms with Crippen LogP contribution in [0.25, 0.3) is 0 Å². The molecule has 0 unspecified atom stereocenters. The fraction of sp³-hybridized carbons (Fsp3) is 0.500. The van der Waals surface area contributed by atoms with Gasteiger partial charge in [-0.2, -0.15) is 0 Å². The van der Waals surface area contributed by atoms with Crippen LogP contribution in [0, 0.1) is 0 Å². The molecule has 0 aromatic heterocycles. The molecular formula is C28H36N2O5. The number of piperazine rings is 1. The highest BCUT2D eigenvalue weighted by Crippen LogP contribution is 2.37. The maximum atomic E-state index is 14.0. The maximum Gasteiger partial charge on any atom is 0.250 e. The number of carbonyl (C=O) groups excluding carboxylic acids is 2. The minimum absolute atomic E-state index is 0.0148. The molecule has 7 heteroatoms. The number of carbonyl (C=O) groups is 2. The van der Waals surface area contributed by atoms with E-state index in [2.05, 4.69) is 0 Å². The van der Waals surface area contributed by atoms with Crippen molar-refractivity contribution in [1.82, 2.24) is 9.80 Å². The van der Waals surface area contributed by atoms with E-state index in [1.54, 1.807) is 19.1 Å². The Balaban J connectivity index is 1.71. The molecule has 2 aromatic carbocycles. The van der Waals surface area contributed by atoms with Gasteiger partial charge < -0.3 is 24.0 Å². The lowest BCUT2D eigenvalue weighted by Crippen LogP contribution is -2.58. The number of benzene rings is 2. The SMILES string of the molecule is COc1cccc(CN2C(=O)CN(C3CCCCC3)C(=O)[C@@H]2c2ccc(OC(C)C)c(OC)c2)c1. The molecule has 2 aliphatic rings. The van der Waals surface area contributed by atoms with Gasteiger partial charge >= 0.3 is 0 Å². The Morgan fingerprint density at radius 2 is 1.71 bits per heavy atom. The Kier molecular flexibility index (Phi) is 7.83. The summed E-state index contributed by atoms with van der Waals surface area (Å²) in [6.45, 7) is 4.34. The van der Waals surface area contributed by atoms with Crippen LogP contribution in [-0.4, -0.2) is 54.5 Å². The number of amides is 2. The van der Waals surface area contributed by atoms with E-state index in [1.165, 1.54) is 6.42 Å². The van der Waals surface area contributed by atoms with Crippen molar-refractivity contribution >= 4 is 11.8 Å². The van der Waals surface area contributed by atoms with E-state index in [9.17, 15) is 9.59 Å². The van der Waals surface area contributed by atoms with Gasteiger partial charge in [0.05, 0.1) is 20.3 Å². The van der Waals surface area contributed by atoms with Crippen LogP contribution < -0.4 is 14.2 Å². The van der Waals surface area contributed by atoms with E-state index in [1.807, 2.05) is 61.2 Å². The van der Waals surface area contributed by atoms with Gasteiger partial charge in [-0.15, -0.1) is 0 Å². The molecule has 1 aliphatic heterocycles. The molecule has 1 atom stereocenters. The molecule has 0 radical (unpaired) electrons. The van der Waals surface area contributed by atoms with Crippen LogP contribution >= 0.6 is 0 Å². The van der Waals surface area contributed by atoms with Gasteiger partial charge in [-0.3, -0.25) is 9.59 Å². The number of hydrogen-bond acceptors (Lipinski definition) is 5. The van der Waals surface area contributed by atoms with Crippen LogP contribution in [0.2, 0.25) is 0 Å². The third-order valence-corrected chi connectivity index (χ3v) is 6.82. The van der Waals surface area contributed by atoms with Crippen molar-refractivity contribution in [3.63, 3.8) is 0 Å². The Morgan fingerprint density at radius 1 is 0.943 bits per heavy atom. The molecule has 35 heavy (non-hydrogen) atoms. The van der Waals surface area contributed by atoms with E-state index in [0.717, 1.165) is 42.6 Å². The Labute approximate surface area is 207 Å². The Hall–Kier alpha value is -3.22. The van der Waals surface area contributed by atoms with E-state index in [0.29, 0.717) is 18.0 Å². The smallest absolute Gasteiger partial charge is 0.250 e.